The van der Waals surface area contributed by atoms with Crippen molar-refractivity contribution < 1.29 is 4.79 Å². The van der Waals surface area contributed by atoms with Crippen LogP contribution in [0.15, 0.2) is 27.6 Å². The number of nitrogens with one attached hydrogen (secondary N) is 2. The summed E-state index contributed by atoms with van der Waals surface area (Å²) >= 11 is 3.33. The molecule has 0 radical (unpaired) electrons. The predicted molar refractivity (Wildman–Crippen MR) is 95.3 cm³/mol. The highest BCUT2D eigenvalue weighted by atomic mass is 79.9. The van der Waals surface area contributed by atoms with Crippen LogP contribution >= 0.6 is 15.9 Å². The molecule has 0 fully saturated rings. The molecule has 0 unspecified atom stereocenters. The Morgan fingerprint density at radius 3 is 2.96 bits per heavy atom. The molecule has 3 rings (SSSR count). The SMILES string of the molecule is Cn1nc2c(c1NC(=O)NCCn1cc(Br)ccc1=O)CCCC2. The molecule has 2 aromatic heterocycles. The van der Waals surface area contributed by atoms with Gasteiger partial charge < -0.3 is 9.88 Å². The molecule has 2 N–H and O–H groups in total. The third-order valence-electron chi connectivity index (χ3n) is 4.14. The highest BCUT2D eigenvalue weighted by molar-refractivity contribution is 9.10. The van der Waals surface area contributed by atoms with Crippen molar-refractivity contribution in [3.8, 4) is 0 Å². The molecule has 8 heteroatoms. The molecule has 1 aliphatic carbocycles. The molecule has 0 spiro atoms. The lowest BCUT2D eigenvalue weighted by Gasteiger charge is -2.13. The van der Waals surface area contributed by atoms with Gasteiger partial charge in [0.05, 0.1) is 5.69 Å². The normalized spacial score (nSPS) is 13.4. The van der Waals surface area contributed by atoms with Crippen molar-refractivity contribution in [3.63, 3.8) is 0 Å². The fourth-order valence-corrected chi connectivity index (χ4v) is 3.34. The van der Waals surface area contributed by atoms with E-state index in [0.29, 0.717) is 13.1 Å². The number of urea groups is 1. The Morgan fingerprint density at radius 1 is 1.33 bits per heavy atom. The Kier molecular flexibility index (Phi) is 5.03. The van der Waals surface area contributed by atoms with E-state index in [2.05, 4.69) is 31.7 Å². The number of hydrogen-bond acceptors (Lipinski definition) is 3. The second-order valence-corrected chi connectivity index (χ2v) is 6.78. The van der Waals surface area contributed by atoms with Gasteiger partial charge in [0, 0.05) is 42.4 Å². The number of rotatable bonds is 4. The first-order chi connectivity index (χ1) is 11.5. The van der Waals surface area contributed by atoms with E-state index in [1.165, 1.54) is 6.07 Å². The van der Waals surface area contributed by atoms with Gasteiger partial charge in [-0.05, 0) is 47.7 Å². The fraction of sp³-hybridized carbons (Fsp3) is 0.438. The number of carbonyl (C=O) groups is 1. The lowest BCUT2D eigenvalue weighted by Crippen LogP contribution is -2.34. The molecular formula is C16H20BrN5O2. The molecule has 0 aromatic carbocycles. The van der Waals surface area contributed by atoms with E-state index in [1.807, 2.05) is 7.05 Å². The van der Waals surface area contributed by atoms with Crippen LogP contribution in [0.5, 0.6) is 0 Å². The second-order valence-electron chi connectivity index (χ2n) is 5.86. The first kappa shape index (κ1) is 16.8. The van der Waals surface area contributed by atoms with Gasteiger partial charge in [0.1, 0.15) is 5.82 Å². The number of amides is 2. The molecular weight excluding hydrogens is 374 g/mol. The summed E-state index contributed by atoms with van der Waals surface area (Å²) in [7, 11) is 1.84. The minimum atomic E-state index is -0.283. The minimum absolute atomic E-state index is 0.0962. The van der Waals surface area contributed by atoms with E-state index < -0.39 is 0 Å². The van der Waals surface area contributed by atoms with Crippen LogP contribution in [0.3, 0.4) is 0 Å². The van der Waals surface area contributed by atoms with E-state index in [1.54, 1.807) is 21.5 Å². The van der Waals surface area contributed by atoms with E-state index in [0.717, 1.165) is 47.2 Å². The van der Waals surface area contributed by atoms with Crippen molar-refractivity contribution in [3.05, 3.63) is 44.4 Å². The zero-order valence-corrected chi connectivity index (χ0v) is 15.1. The first-order valence-corrected chi connectivity index (χ1v) is 8.79. The quantitative estimate of drug-likeness (QED) is 0.833. The lowest BCUT2D eigenvalue weighted by molar-refractivity contribution is 0.251. The van der Waals surface area contributed by atoms with Crippen LogP contribution in [0, 0.1) is 0 Å². The monoisotopic (exact) mass is 393 g/mol. The third-order valence-corrected chi connectivity index (χ3v) is 4.61. The Morgan fingerprint density at radius 2 is 2.12 bits per heavy atom. The Labute approximate surface area is 148 Å². The van der Waals surface area contributed by atoms with Gasteiger partial charge in [-0.25, -0.2) is 4.79 Å². The summed E-state index contributed by atoms with van der Waals surface area (Å²) in [6.07, 6.45) is 5.90. The highest BCUT2D eigenvalue weighted by Gasteiger charge is 2.20. The number of anilines is 1. The molecule has 24 heavy (non-hydrogen) atoms. The molecule has 2 amide bonds. The summed E-state index contributed by atoms with van der Waals surface area (Å²) in [5, 5.41) is 10.1. The molecule has 0 saturated heterocycles. The Bertz CT molecular complexity index is 811. The predicted octanol–water partition coefficient (Wildman–Crippen LogP) is 2.04. The molecule has 7 nitrogen and oxygen atoms in total. The molecule has 0 atom stereocenters. The number of carbonyl (C=O) groups excluding carboxylic acids is 1. The van der Waals surface area contributed by atoms with Crippen LogP contribution in [0.2, 0.25) is 0 Å². The summed E-state index contributed by atoms with van der Waals surface area (Å²) in [5.41, 5.74) is 2.13. The van der Waals surface area contributed by atoms with Crippen LogP contribution in [0.1, 0.15) is 24.1 Å². The number of aromatic nitrogens is 3. The minimum Gasteiger partial charge on any atom is -0.336 e. The van der Waals surface area contributed by atoms with E-state index in [9.17, 15) is 9.59 Å². The van der Waals surface area contributed by atoms with Gasteiger partial charge in [-0.1, -0.05) is 0 Å². The zero-order chi connectivity index (χ0) is 17.1. The van der Waals surface area contributed by atoms with Crippen molar-refractivity contribution in [1.29, 1.82) is 0 Å². The molecule has 0 saturated carbocycles. The fourth-order valence-electron chi connectivity index (χ4n) is 2.96. The molecule has 128 valence electrons. The van der Waals surface area contributed by atoms with Gasteiger partial charge in [0.25, 0.3) is 5.56 Å². The second kappa shape index (κ2) is 7.21. The molecule has 0 aliphatic heterocycles. The van der Waals surface area contributed by atoms with Crippen LogP contribution in [0.25, 0.3) is 0 Å². The van der Waals surface area contributed by atoms with Crippen LogP contribution in [-0.2, 0) is 26.4 Å². The number of halogens is 1. The average molecular weight is 394 g/mol. The number of fused-ring (bicyclic) bond motifs is 1. The summed E-state index contributed by atoms with van der Waals surface area (Å²) in [5.74, 6) is 0.766. The van der Waals surface area contributed by atoms with Crippen molar-refractivity contribution >= 4 is 27.8 Å². The Balaban J connectivity index is 1.58. The maximum Gasteiger partial charge on any atom is 0.320 e. The summed E-state index contributed by atoms with van der Waals surface area (Å²) in [6.45, 7) is 0.775. The van der Waals surface area contributed by atoms with Gasteiger partial charge in [0.2, 0.25) is 0 Å². The standard InChI is InChI=1S/C16H20BrN5O2/c1-21-15(12-4-2-3-5-13(12)20-21)19-16(24)18-8-9-22-10-11(17)6-7-14(22)23/h6-7,10H,2-5,8-9H2,1H3,(H2,18,19,24). The third kappa shape index (κ3) is 3.69. The summed E-state index contributed by atoms with van der Waals surface area (Å²) in [6, 6.07) is 2.91. The lowest BCUT2D eigenvalue weighted by atomic mass is 9.97. The van der Waals surface area contributed by atoms with Crippen LogP contribution in [0.4, 0.5) is 10.6 Å². The van der Waals surface area contributed by atoms with Crippen molar-refractivity contribution in [2.45, 2.75) is 32.2 Å². The van der Waals surface area contributed by atoms with Gasteiger partial charge >= 0.3 is 6.03 Å². The van der Waals surface area contributed by atoms with Crippen LogP contribution in [-0.4, -0.2) is 26.9 Å². The maximum absolute atomic E-state index is 12.1. The molecule has 1 aliphatic rings. The number of nitrogens with zero attached hydrogens (tertiary/aromatic N) is 3. The molecule has 2 aromatic rings. The molecule has 2 heterocycles. The summed E-state index contributed by atoms with van der Waals surface area (Å²) < 4.78 is 4.11. The topological polar surface area (TPSA) is 81.0 Å². The average Bonchev–Trinajstić information content (AvgIpc) is 2.87. The van der Waals surface area contributed by atoms with Gasteiger partial charge in [-0.2, -0.15) is 5.10 Å². The van der Waals surface area contributed by atoms with Crippen molar-refractivity contribution in [2.75, 3.05) is 11.9 Å². The van der Waals surface area contributed by atoms with Crippen LogP contribution < -0.4 is 16.2 Å². The Hall–Kier alpha value is -2.09. The number of hydrogen-bond donors (Lipinski definition) is 2. The first-order valence-electron chi connectivity index (χ1n) is 8.00. The van der Waals surface area contributed by atoms with E-state index in [-0.39, 0.29) is 11.6 Å². The maximum atomic E-state index is 12.1. The highest BCUT2D eigenvalue weighted by Crippen LogP contribution is 2.26. The van der Waals surface area contributed by atoms with Crippen molar-refractivity contribution in [2.24, 2.45) is 7.05 Å². The number of aryl methyl sites for hydroxylation is 2. The van der Waals surface area contributed by atoms with Gasteiger partial charge in [-0.15, -0.1) is 0 Å². The largest absolute Gasteiger partial charge is 0.336 e. The number of pyridine rings is 1. The van der Waals surface area contributed by atoms with E-state index >= 15 is 0 Å². The summed E-state index contributed by atoms with van der Waals surface area (Å²) in [4.78, 5) is 23.8. The van der Waals surface area contributed by atoms with Crippen molar-refractivity contribution in [1.82, 2.24) is 19.7 Å². The van der Waals surface area contributed by atoms with E-state index in [4.69, 9.17) is 0 Å². The molecule has 0 bridgehead atoms. The zero-order valence-electron chi connectivity index (χ0n) is 13.5. The smallest absolute Gasteiger partial charge is 0.320 e. The van der Waals surface area contributed by atoms with Gasteiger partial charge in [-0.3, -0.25) is 14.8 Å². The van der Waals surface area contributed by atoms with Gasteiger partial charge in [0.15, 0.2) is 0 Å².